The van der Waals surface area contributed by atoms with Gasteiger partial charge in [-0.1, -0.05) is 168 Å². The topological polar surface area (TPSA) is 44.5 Å². The molecule has 0 N–H and O–H groups in total. The molecule has 0 aliphatic rings. The lowest BCUT2D eigenvalue weighted by molar-refractivity contribution is 0.591. The predicted molar refractivity (Wildman–Crippen MR) is 366 cm³/mol. The highest BCUT2D eigenvalue weighted by Gasteiger charge is 2.32. The minimum atomic E-state index is -0.148. The van der Waals surface area contributed by atoms with E-state index in [0.29, 0.717) is 0 Å². The SMILES string of the molecule is CC(C)(C)c1cc(-c2ccc3c(c2)c2ccccc2n3-c2ccccc2)c2c(c1)c1cc(C(C)(C)C)cc3c4nc5c(nc4n2c13)c1cc(C(C)(C)C)cc2c3cc(C(C)(C)C)cc(-c4ccc6c(c4)c4ccccc4n6-c4ccccc4)c3n5c21. The fourth-order valence-electron chi connectivity index (χ4n) is 14.6. The zero-order valence-electron chi connectivity index (χ0n) is 51.2. The summed E-state index contributed by atoms with van der Waals surface area (Å²) in [5, 5.41) is 12.2. The summed E-state index contributed by atoms with van der Waals surface area (Å²) in [5.41, 5.74) is 24.7. The van der Waals surface area contributed by atoms with E-state index in [2.05, 4.69) is 295 Å². The van der Waals surface area contributed by atoms with Gasteiger partial charge in [0, 0.05) is 76.4 Å². The Morgan fingerprint density at radius 1 is 0.267 bits per heavy atom. The van der Waals surface area contributed by atoms with E-state index in [1.807, 2.05) is 0 Å². The van der Waals surface area contributed by atoms with Gasteiger partial charge >= 0.3 is 0 Å². The third-order valence-electron chi connectivity index (χ3n) is 19.2. The van der Waals surface area contributed by atoms with E-state index in [0.717, 1.165) is 55.5 Å². The van der Waals surface area contributed by atoms with Crippen LogP contribution in [0.1, 0.15) is 105 Å². The molecule has 10 aromatic carbocycles. The molecule has 0 saturated heterocycles. The summed E-state index contributed by atoms with van der Waals surface area (Å²) in [6, 6.07) is 73.3. The van der Waals surface area contributed by atoms with Gasteiger partial charge in [0.2, 0.25) is 0 Å². The molecule has 17 rings (SSSR count). The van der Waals surface area contributed by atoms with Crippen molar-refractivity contribution in [2.45, 2.75) is 105 Å². The van der Waals surface area contributed by atoms with Crippen molar-refractivity contribution in [3.05, 3.63) is 216 Å². The van der Waals surface area contributed by atoms with Crippen LogP contribution in [0.25, 0.3) is 154 Å². The molecule has 418 valence electrons. The molecule has 0 fully saturated rings. The maximum atomic E-state index is 6.10. The average molecular weight is 1110 g/mol. The van der Waals surface area contributed by atoms with Crippen LogP contribution in [-0.4, -0.2) is 27.9 Å². The Balaban J connectivity index is 1.01. The Hall–Kier alpha value is -9.52. The van der Waals surface area contributed by atoms with Crippen LogP contribution in [0.15, 0.2) is 194 Å². The van der Waals surface area contributed by atoms with Crippen LogP contribution in [0.3, 0.4) is 0 Å². The normalized spacial score (nSPS) is 13.3. The largest absolute Gasteiger partial charge is 0.309 e. The first-order valence-electron chi connectivity index (χ1n) is 30.6. The van der Waals surface area contributed by atoms with Gasteiger partial charge in [-0.2, -0.15) is 0 Å². The van der Waals surface area contributed by atoms with Crippen molar-refractivity contribution in [1.29, 1.82) is 0 Å². The summed E-state index contributed by atoms with van der Waals surface area (Å²) in [6.45, 7) is 28.1. The first kappa shape index (κ1) is 50.9. The monoisotopic (exact) mass is 1110 g/mol. The molecule has 0 amide bonds. The highest BCUT2D eigenvalue weighted by Crippen LogP contribution is 2.50. The maximum absolute atomic E-state index is 6.10. The second kappa shape index (κ2) is 17.1. The summed E-state index contributed by atoms with van der Waals surface area (Å²) in [7, 11) is 0. The quantitative estimate of drug-likeness (QED) is 0.176. The Bertz CT molecular complexity index is 5360. The van der Waals surface area contributed by atoms with Crippen LogP contribution in [0.4, 0.5) is 0 Å². The summed E-state index contributed by atoms with van der Waals surface area (Å²) in [5.74, 6) is 0. The highest BCUT2D eigenvalue weighted by atomic mass is 15.1. The van der Waals surface area contributed by atoms with Crippen molar-refractivity contribution in [1.82, 2.24) is 27.9 Å². The molecule has 7 heterocycles. The Morgan fingerprint density at radius 2 is 0.581 bits per heavy atom. The van der Waals surface area contributed by atoms with Crippen LogP contribution >= 0.6 is 0 Å². The van der Waals surface area contributed by atoms with Gasteiger partial charge in [0.05, 0.1) is 44.1 Å². The fraction of sp³-hybridized carbons (Fsp3) is 0.200. The average Bonchev–Trinajstić information content (AvgIpc) is 1.52. The minimum absolute atomic E-state index is 0.128. The molecule has 0 radical (unpaired) electrons. The Labute approximate surface area is 500 Å². The fourth-order valence-corrected chi connectivity index (χ4v) is 14.6. The van der Waals surface area contributed by atoms with Gasteiger partial charge in [-0.05, 0) is 164 Å². The van der Waals surface area contributed by atoms with Crippen LogP contribution in [0.5, 0.6) is 0 Å². The van der Waals surface area contributed by atoms with Crippen LogP contribution in [0, 0.1) is 0 Å². The number of rotatable bonds is 4. The predicted octanol–water partition coefficient (Wildman–Crippen LogP) is 21.5. The van der Waals surface area contributed by atoms with Crippen molar-refractivity contribution < 1.29 is 0 Å². The molecule has 6 heteroatoms. The van der Waals surface area contributed by atoms with E-state index in [1.165, 1.54) is 121 Å². The van der Waals surface area contributed by atoms with E-state index >= 15 is 0 Å². The second-order valence-electron chi connectivity index (χ2n) is 28.8. The van der Waals surface area contributed by atoms with Crippen LogP contribution in [-0.2, 0) is 21.7 Å². The minimum Gasteiger partial charge on any atom is -0.309 e. The Kier molecular flexibility index (Phi) is 10.1. The molecule has 0 unspecified atom stereocenters. The zero-order chi connectivity index (χ0) is 58.8. The molecule has 0 bridgehead atoms. The lowest BCUT2D eigenvalue weighted by atomic mass is 9.83. The zero-order valence-corrected chi connectivity index (χ0v) is 51.2. The number of nitrogens with zero attached hydrogens (tertiary/aromatic N) is 6. The first-order valence-corrected chi connectivity index (χ1v) is 30.6. The van der Waals surface area contributed by atoms with E-state index < -0.39 is 0 Å². The molecule has 0 atom stereocenters. The van der Waals surface area contributed by atoms with Crippen molar-refractivity contribution >= 4 is 120 Å². The van der Waals surface area contributed by atoms with Gasteiger partial charge in [-0.3, -0.25) is 8.80 Å². The summed E-state index contributed by atoms with van der Waals surface area (Å²) in [6.07, 6.45) is 0. The number of aromatic nitrogens is 6. The van der Waals surface area contributed by atoms with Gasteiger partial charge in [-0.15, -0.1) is 0 Å². The Morgan fingerprint density at radius 3 is 0.953 bits per heavy atom. The molecule has 6 nitrogen and oxygen atoms in total. The lowest BCUT2D eigenvalue weighted by Gasteiger charge is -2.22. The van der Waals surface area contributed by atoms with E-state index in [1.54, 1.807) is 0 Å². The third kappa shape index (κ3) is 7.07. The molecule has 0 aliphatic heterocycles. The molecule has 0 aliphatic carbocycles. The third-order valence-corrected chi connectivity index (χ3v) is 19.2. The molecule has 7 aromatic heterocycles. The van der Waals surface area contributed by atoms with Gasteiger partial charge in [0.1, 0.15) is 11.0 Å². The van der Waals surface area contributed by atoms with Gasteiger partial charge in [0.25, 0.3) is 0 Å². The maximum Gasteiger partial charge on any atom is 0.165 e. The van der Waals surface area contributed by atoms with E-state index in [4.69, 9.17) is 9.97 Å². The van der Waals surface area contributed by atoms with Crippen LogP contribution in [0.2, 0.25) is 0 Å². The van der Waals surface area contributed by atoms with Crippen molar-refractivity contribution in [3.8, 4) is 33.6 Å². The van der Waals surface area contributed by atoms with E-state index in [-0.39, 0.29) is 21.7 Å². The standard InChI is InChI=1S/C80H68N6/c1-77(2,3)47-37-55(45-31-33-67-57(35-45)53-27-19-21-29-65(53)83(67)51-23-15-13-16-24-51)71-59(39-47)61-41-49(79(7,8)9)43-63-69-75(85(71)73(61)63)81-70-64-44-50(80(10,11)12)42-62-60-40-48(78(4,5)6)38-56(72(60)86(74(62)64)76(70)82-69)46-32-34-68-58(36-46)54-28-20-22-30-66(54)84(68)52-25-17-14-18-26-52/h13-44H,1-12H3. The summed E-state index contributed by atoms with van der Waals surface area (Å²) in [4.78, 5) is 12.2. The number of benzene rings is 10. The molecule has 86 heavy (non-hydrogen) atoms. The summed E-state index contributed by atoms with van der Waals surface area (Å²) < 4.78 is 9.84. The van der Waals surface area contributed by atoms with Crippen LogP contribution < -0.4 is 0 Å². The molecular formula is C80H68N6. The molecular weight excluding hydrogens is 1040 g/mol. The van der Waals surface area contributed by atoms with Crippen molar-refractivity contribution in [2.24, 2.45) is 0 Å². The number of para-hydroxylation sites is 4. The van der Waals surface area contributed by atoms with Crippen molar-refractivity contribution in [3.63, 3.8) is 0 Å². The smallest absolute Gasteiger partial charge is 0.165 e. The van der Waals surface area contributed by atoms with Crippen molar-refractivity contribution in [2.75, 3.05) is 0 Å². The van der Waals surface area contributed by atoms with Gasteiger partial charge < -0.3 is 9.13 Å². The highest BCUT2D eigenvalue weighted by molar-refractivity contribution is 6.28. The van der Waals surface area contributed by atoms with E-state index in [9.17, 15) is 0 Å². The van der Waals surface area contributed by atoms with Gasteiger partial charge in [-0.25, -0.2) is 9.97 Å². The lowest BCUT2D eigenvalue weighted by Crippen LogP contribution is -2.11. The first-order chi connectivity index (χ1) is 41.2. The number of fused-ring (bicyclic) bond motifs is 18. The second-order valence-corrected chi connectivity index (χ2v) is 28.8. The van der Waals surface area contributed by atoms with Gasteiger partial charge in [0.15, 0.2) is 11.3 Å². The molecule has 17 aromatic rings. The molecule has 0 saturated carbocycles. The summed E-state index contributed by atoms with van der Waals surface area (Å²) >= 11 is 0. The number of hydrogen-bond donors (Lipinski definition) is 0. The molecule has 0 spiro atoms. The number of hydrogen-bond acceptors (Lipinski definition) is 2.